The summed E-state index contributed by atoms with van der Waals surface area (Å²) in [5, 5.41) is 27.4. The van der Waals surface area contributed by atoms with Crippen LogP contribution in [0.3, 0.4) is 0 Å². The van der Waals surface area contributed by atoms with Crippen LogP contribution in [0.5, 0.6) is 0 Å². The predicted molar refractivity (Wildman–Crippen MR) is 143 cm³/mol. The Hall–Kier alpha value is -2.78. The zero-order valence-electron chi connectivity index (χ0n) is 23.0. The van der Waals surface area contributed by atoms with E-state index in [1.54, 1.807) is 33.8 Å². The lowest BCUT2D eigenvalue weighted by atomic mass is 9.87. The molecule has 0 spiro atoms. The summed E-state index contributed by atoms with van der Waals surface area (Å²) in [6.07, 6.45) is -3.21. The van der Waals surface area contributed by atoms with Crippen LogP contribution in [0, 0.1) is 16.7 Å². The van der Waals surface area contributed by atoms with Crippen molar-refractivity contribution in [1.29, 1.82) is 5.26 Å². The number of esters is 1. The number of alkyl halides is 2. The number of phosphoric acid groups is 1. The average molecular weight is 678 g/mol. The fourth-order valence-electron chi connectivity index (χ4n) is 4.36. The maximum atomic E-state index is 16.1. The second-order valence-electron chi connectivity index (χ2n) is 10.6. The van der Waals surface area contributed by atoms with Crippen molar-refractivity contribution in [2.24, 2.45) is 5.41 Å². The third-order valence-corrected chi connectivity index (χ3v) is 8.95. The molecule has 4 heterocycles. The van der Waals surface area contributed by atoms with E-state index < -0.39 is 60.2 Å². The maximum Gasteiger partial charge on any atom is 0.475 e. The number of phosphoric ester groups is 1. The first-order valence-corrected chi connectivity index (χ1v) is 15.0. The summed E-state index contributed by atoms with van der Waals surface area (Å²) in [5.74, 6) is -1.24. The van der Waals surface area contributed by atoms with Crippen LogP contribution in [-0.2, 0) is 42.8 Å². The zero-order chi connectivity index (χ0) is 31.1. The minimum atomic E-state index is -4.47. The Balaban J connectivity index is 1.47. The van der Waals surface area contributed by atoms with E-state index in [1.807, 2.05) is 0 Å². The average Bonchev–Trinajstić information content (AvgIpc) is 3.43. The molecule has 4 rings (SSSR count). The first-order valence-electron chi connectivity index (χ1n) is 12.7. The number of amides is 1. The summed E-state index contributed by atoms with van der Waals surface area (Å²) in [6.45, 7) is 5.58. The lowest BCUT2D eigenvalue weighted by molar-refractivity contribution is -0.147. The van der Waals surface area contributed by atoms with Gasteiger partial charge in [0.1, 0.15) is 30.3 Å². The van der Waals surface area contributed by atoms with Crippen LogP contribution in [0.4, 0.5) is 10.2 Å². The van der Waals surface area contributed by atoms with Gasteiger partial charge in [0.15, 0.2) is 17.6 Å². The van der Waals surface area contributed by atoms with Crippen molar-refractivity contribution in [1.82, 2.24) is 24.9 Å². The number of imidazole rings is 1. The van der Waals surface area contributed by atoms with E-state index in [1.165, 1.54) is 0 Å². The number of hydrogen-bond donors (Lipinski definition) is 3. The Kier molecular flexibility index (Phi) is 8.97. The van der Waals surface area contributed by atoms with Crippen LogP contribution in [0.2, 0.25) is 0 Å². The number of anilines is 1. The lowest BCUT2D eigenvalue weighted by Crippen LogP contribution is -2.50. The van der Waals surface area contributed by atoms with Gasteiger partial charge in [0.25, 0.3) is 0 Å². The quantitative estimate of drug-likeness (QED) is 0.193. The first kappa shape index (κ1) is 32.1. The smallest absolute Gasteiger partial charge is 0.463 e. The molecule has 16 nitrogen and oxygen atoms in total. The normalized spacial score (nSPS) is 32.5. The highest BCUT2D eigenvalue weighted by Gasteiger charge is 2.69. The maximum absolute atomic E-state index is 16.1. The standard InChI is InChI=1S/C23H30BrFN7O9P/c1-12(2)39-15(33)5-6-28-20(35)17-21(3,4)10-38-42(36,41-17)37-8-13-16(34)23(24,25)22(9-26,40-13)14-7-29-19-18(27)30-11-31-32(14)19/h7,11-13,16-17,34H,5-6,8,10H2,1-4H3,(H,28,35)(H2,27,30,31)/t13-,16?,17+,22+,23-,42?/m1/s1. The minimum Gasteiger partial charge on any atom is -0.463 e. The predicted octanol–water partition coefficient (Wildman–Crippen LogP) is 1.27. The van der Waals surface area contributed by atoms with Crippen LogP contribution in [0.1, 0.15) is 39.8 Å². The summed E-state index contributed by atoms with van der Waals surface area (Å²) in [6, 6.07) is 1.72. The molecule has 2 aromatic heterocycles. The molecule has 0 radical (unpaired) electrons. The molecule has 2 fully saturated rings. The molecule has 19 heteroatoms. The van der Waals surface area contributed by atoms with E-state index in [9.17, 15) is 24.5 Å². The molecule has 4 N–H and O–H groups in total. The zero-order valence-corrected chi connectivity index (χ0v) is 25.5. The SMILES string of the molecule is CC(C)OC(=O)CCNC(=O)[C@@H]1OP(=O)(OC[C@H]2O[C@@](C#N)(c3cnc4c(N)ncnn34)[C@@](F)(Br)C2O)OCC1(C)C. The number of aliphatic hydroxyl groups excluding tert-OH is 1. The molecule has 0 saturated carbocycles. The molecule has 0 aromatic carbocycles. The van der Waals surface area contributed by atoms with E-state index in [0.29, 0.717) is 0 Å². The number of fused-ring (bicyclic) bond motifs is 1. The van der Waals surface area contributed by atoms with Crippen LogP contribution in [0.25, 0.3) is 5.65 Å². The number of hydrogen-bond acceptors (Lipinski definition) is 14. The molecule has 2 aliphatic rings. The number of halogens is 2. The van der Waals surface area contributed by atoms with E-state index in [0.717, 1.165) is 17.0 Å². The van der Waals surface area contributed by atoms with Gasteiger partial charge in [0, 0.05) is 12.0 Å². The summed E-state index contributed by atoms with van der Waals surface area (Å²) in [5.41, 5.74) is 2.10. The second kappa shape index (κ2) is 11.7. The molecule has 6 atom stereocenters. The molecule has 2 unspecified atom stereocenters. The molecule has 2 aliphatic heterocycles. The Morgan fingerprint density at radius 3 is 2.81 bits per heavy atom. The summed E-state index contributed by atoms with van der Waals surface area (Å²) < 4.78 is 54.4. The van der Waals surface area contributed by atoms with Gasteiger partial charge in [-0.25, -0.2) is 23.4 Å². The molecular formula is C23H30BrFN7O9P. The van der Waals surface area contributed by atoms with Gasteiger partial charge in [-0.05, 0) is 29.8 Å². The molecule has 0 aliphatic carbocycles. The van der Waals surface area contributed by atoms with Gasteiger partial charge < -0.3 is 25.6 Å². The van der Waals surface area contributed by atoms with Crippen molar-refractivity contribution in [2.45, 2.75) is 68.7 Å². The Morgan fingerprint density at radius 2 is 2.14 bits per heavy atom. The van der Waals surface area contributed by atoms with Gasteiger partial charge in [0.2, 0.25) is 16.1 Å². The third kappa shape index (κ3) is 5.87. The highest BCUT2D eigenvalue weighted by Crippen LogP contribution is 2.59. The summed E-state index contributed by atoms with van der Waals surface area (Å²) in [4.78, 5) is 32.5. The largest absolute Gasteiger partial charge is 0.475 e. The van der Waals surface area contributed by atoms with Crippen molar-refractivity contribution in [3.8, 4) is 6.07 Å². The van der Waals surface area contributed by atoms with Crippen LogP contribution >= 0.6 is 23.8 Å². The van der Waals surface area contributed by atoms with Gasteiger partial charge in [-0.3, -0.25) is 23.2 Å². The first-order chi connectivity index (χ1) is 19.6. The summed E-state index contributed by atoms with van der Waals surface area (Å²) >= 11 is 2.78. The molecule has 1 amide bonds. The van der Waals surface area contributed by atoms with Crippen molar-refractivity contribution in [3.05, 3.63) is 18.2 Å². The third-order valence-electron chi connectivity index (χ3n) is 6.54. The van der Waals surface area contributed by atoms with Crippen molar-refractivity contribution < 1.29 is 46.7 Å². The number of nitrogens with two attached hydrogens (primary N) is 1. The number of aromatic nitrogens is 4. The fraction of sp³-hybridized carbons (Fsp3) is 0.652. The Bertz CT molecular complexity index is 1450. The molecular weight excluding hydrogens is 648 g/mol. The Morgan fingerprint density at radius 1 is 1.43 bits per heavy atom. The fourth-order valence-corrected chi connectivity index (χ4v) is 6.70. The Labute approximate surface area is 247 Å². The van der Waals surface area contributed by atoms with E-state index in [2.05, 4.69) is 36.3 Å². The van der Waals surface area contributed by atoms with E-state index >= 15 is 4.39 Å². The van der Waals surface area contributed by atoms with Crippen LogP contribution in [-0.4, -0.2) is 85.3 Å². The van der Waals surface area contributed by atoms with Gasteiger partial charge in [-0.2, -0.15) is 10.4 Å². The van der Waals surface area contributed by atoms with E-state index in [4.69, 9.17) is 28.8 Å². The highest BCUT2D eigenvalue weighted by atomic mass is 79.9. The highest BCUT2D eigenvalue weighted by molar-refractivity contribution is 9.10. The van der Waals surface area contributed by atoms with Gasteiger partial charge in [-0.15, -0.1) is 0 Å². The number of ether oxygens (including phenoxy) is 2. The number of nitrogens with zero attached hydrogens (tertiary/aromatic N) is 5. The molecule has 0 bridgehead atoms. The monoisotopic (exact) mass is 677 g/mol. The number of nitrogen functional groups attached to an aromatic ring is 1. The topological polar surface area (TPSA) is 223 Å². The van der Waals surface area contributed by atoms with Crippen LogP contribution < -0.4 is 11.1 Å². The van der Waals surface area contributed by atoms with Crippen LogP contribution in [0.15, 0.2) is 12.5 Å². The molecule has 42 heavy (non-hydrogen) atoms. The molecule has 2 aromatic rings. The van der Waals surface area contributed by atoms with Gasteiger partial charge in [-0.1, -0.05) is 13.8 Å². The van der Waals surface area contributed by atoms with Gasteiger partial charge in [0.05, 0.1) is 31.9 Å². The molecule has 2 saturated heterocycles. The van der Waals surface area contributed by atoms with Crippen molar-refractivity contribution in [2.75, 3.05) is 25.5 Å². The summed E-state index contributed by atoms with van der Waals surface area (Å²) in [7, 11) is -4.47. The second-order valence-corrected chi connectivity index (χ2v) is 13.4. The number of aliphatic hydroxyl groups is 1. The number of carbonyl (C=O) groups is 2. The number of rotatable bonds is 9. The number of nitrogens with one attached hydrogen (secondary N) is 1. The van der Waals surface area contributed by atoms with Gasteiger partial charge >= 0.3 is 13.8 Å². The molecule has 230 valence electrons. The van der Waals surface area contributed by atoms with Crippen molar-refractivity contribution >= 4 is 47.1 Å². The number of nitriles is 1. The minimum absolute atomic E-state index is 0.0143. The number of carbonyl (C=O) groups excluding carboxylic acids is 2. The lowest BCUT2D eigenvalue weighted by Gasteiger charge is -2.39. The van der Waals surface area contributed by atoms with E-state index in [-0.39, 0.29) is 42.8 Å². The van der Waals surface area contributed by atoms with Crippen molar-refractivity contribution in [3.63, 3.8) is 0 Å².